The number of carboxylic acids is 1. The number of carbonyl (C=O) groups excluding carboxylic acids is 2. The highest BCUT2D eigenvalue weighted by molar-refractivity contribution is 9.10. The minimum Gasteiger partial charge on any atom is -0.508 e. The van der Waals surface area contributed by atoms with Crippen molar-refractivity contribution in [3.8, 4) is 11.5 Å². The van der Waals surface area contributed by atoms with Gasteiger partial charge in [-0.25, -0.2) is 0 Å². The highest BCUT2D eigenvalue weighted by Gasteiger charge is 2.32. The molecule has 6 N–H and O–H groups in total. The van der Waals surface area contributed by atoms with E-state index < -0.39 is 36.3 Å². The number of nitrogens with zero attached hydrogens (tertiary/aromatic N) is 1. The molecule has 0 aromatic heterocycles. The zero-order chi connectivity index (χ0) is 27.8. The molecule has 0 fully saturated rings. The molecule has 1 aliphatic heterocycles. The Hall–Kier alpha value is -3.31. The molecule has 2 amide bonds. The second kappa shape index (κ2) is 13.5. The standard InChI is InChI=1S/C26H30BrClN4O6/c1-2-18(26(37)38)23(19-10-15(27)11-20(28)24(19)35)32-22(34)13-30-25(36)14-8-16(12-17(33)9-14)31-21-6-4-3-5-7-29-21/h8-12,18,23,33,35H,2-7,13H2,1H3,(H,29,31)(H,30,36)(H,32,34)(H,37,38)/t18?,23-/m1/s1. The zero-order valence-electron chi connectivity index (χ0n) is 20.8. The van der Waals surface area contributed by atoms with Gasteiger partial charge in [-0.15, -0.1) is 0 Å². The fourth-order valence-electron chi connectivity index (χ4n) is 4.22. The van der Waals surface area contributed by atoms with Crippen molar-refractivity contribution < 1.29 is 29.7 Å². The Bertz CT molecular complexity index is 1240. The summed E-state index contributed by atoms with van der Waals surface area (Å²) in [6.45, 7) is 1.89. The molecule has 0 saturated heterocycles. The number of hydrogen-bond acceptors (Lipinski definition) is 7. The molecule has 1 aliphatic rings. The molecule has 38 heavy (non-hydrogen) atoms. The minimum atomic E-state index is -1.17. The van der Waals surface area contributed by atoms with E-state index in [-0.39, 0.29) is 34.1 Å². The number of aromatic hydroxyl groups is 2. The number of rotatable bonds is 9. The Balaban J connectivity index is 1.72. The summed E-state index contributed by atoms with van der Waals surface area (Å²) in [5, 5.41) is 38.5. The Morgan fingerprint density at radius 2 is 1.87 bits per heavy atom. The molecule has 2 aromatic rings. The SMILES string of the molecule is CCC(C(=O)O)[C@@H](NC(=O)CNC(=O)c1cc(O)cc(NC2=NCCCCC2)c1)c1cc(Br)cc(Cl)c1O. The number of anilines is 1. The number of amidine groups is 1. The summed E-state index contributed by atoms with van der Waals surface area (Å²) in [5.41, 5.74) is 0.748. The average Bonchev–Trinajstić information content (AvgIpc) is 3.12. The van der Waals surface area contributed by atoms with Gasteiger partial charge in [-0.05, 0) is 43.5 Å². The van der Waals surface area contributed by atoms with E-state index in [4.69, 9.17) is 11.6 Å². The summed E-state index contributed by atoms with van der Waals surface area (Å²) >= 11 is 9.33. The maximum absolute atomic E-state index is 12.8. The van der Waals surface area contributed by atoms with E-state index in [1.165, 1.54) is 24.3 Å². The number of aliphatic imine (C=N–C) groups is 1. The summed E-state index contributed by atoms with van der Waals surface area (Å²) in [5.74, 6) is -3.23. The predicted octanol–water partition coefficient (Wildman–Crippen LogP) is 4.60. The van der Waals surface area contributed by atoms with E-state index in [2.05, 4.69) is 36.9 Å². The summed E-state index contributed by atoms with van der Waals surface area (Å²) in [4.78, 5) is 42.0. The van der Waals surface area contributed by atoms with Gasteiger partial charge in [-0.3, -0.25) is 19.4 Å². The van der Waals surface area contributed by atoms with Crippen molar-refractivity contribution in [2.75, 3.05) is 18.4 Å². The van der Waals surface area contributed by atoms with Gasteiger partial charge in [0.2, 0.25) is 5.91 Å². The van der Waals surface area contributed by atoms with Crippen LogP contribution in [0, 0.1) is 5.92 Å². The fourth-order valence-corrected chi connectivity index (χ4v) is 5.05. The van der Waals surface area contributed by atoms with Gasteiger partial charge in [0.15, 0.2) is 0 Å². The molecule has 2 aromatic carbocycles. The maximum Gasteiger partial charge on any atom is 0.308 e. The van der Waals surface area contributed by atoms with Gasteiger partial charge >= 0.3 is 5.97 Å². The van der Waals surface area contributed by atoms with Crippen LogP contribution in [0.2, 0.25) is 5.02 Å². The number of amides is 2. The number of phenols is 2. The molecular formula is C26H30BrClN4O6. The summed E-state index contributed by atoms with van der Waals surface area (Å²) in [6.07, 6.45) is 4.03. The van der Waals surface area contributed by atoms with Crippen molar-refractivity contribution in [2.45, 2.75) is 45.1 Å². The second-order valence-electron chi connectivity index (χ2n) is 8.94. The van der Waals surface area contributed by atoms with Crippen molar-refractivity contribution in [3.63, 3.8) is 0 Å². The third-order valence-corrected chi connectivity index (χ3v) is 6.87. The van der Waals surface area contributed by atoms with Crippen molar-refractivity contribution in [1.29, 1.82) is 0 Å². The summed E-state index contributed by atoms with van der Waals surface area (Å²) in [6, 6.07) is 6.11. The highest BCUT2D eigenvalue weighted by atomic mass is 79.9. The predicted molar refractivity (Wildman–Crippen MR) is 148 cm³/mol. The molecule has 0 aliphatic carbocycles. The molecule has 0 spiro atoms. The van der Waals surface area contributed by atoms with E-state index in [0.29, 0.717) is 10.2 Å². The highest BCUT2D eigenvalue weighted by Crippen LogP contribution is 2.38. The average molecular weight is 610 g/mol. The molecule has 0 bridgehead atoms. The summed E-state index contributed by atoms with van der Waals surface area (Å²) < 4.78 is 0.492. The normalized spacial score (nSPS) is 15.0. The van der Waals surface area contributed by atoms with Crippen LogP contribution >= 0.6 is 27.5 Å². The Kier molecular flexibility index (Phi) is 10.4. The molecule has 1 unspecified atom stereocenters. The van der Waals surface area contributed by atoms with Crippen molar-refractivity contribution in [2.24, 2.45) is 10.9 Å². The second-order valence-corrected chi connectivity index (χ2v) is 10.3. The minimum absolute atomic E-state index is 0.00900. The van der Waals surface area contributed by atoms with Crippen LogP contribution in [0.1, 0.15) is 61.0 Å². The zero-order valence-corrected chi connectivity index (χ0v) is 23.1. The number of benzene rings is 2. The van der Waals surface area contributed by atoms with Crippen LogP contribution in [0.4, 0.5) is 5.69 Å². The molecular weight excluding hydrogens is 580 g/mol. The van der Waals surface area contributed by atoms with Crippen LogP contribution in [-0.4, -0.2) is 52.0 Å². The van der Waals surface area contributed by atoms with Gasteiger partial charge in [-0.2, -0.15) is 0 Å². The third-order valence-electron chi connectivity index (χ3n) is 6.12. The lowest BCUT2D eigenvalue weighted by atomic mass is 9.90. The number of carboxylic acid groups (broad SMARTS) is 1. The van der Waals surface area contributed by atoms with E-state index in [1.54, 1.807) is 13.0 Å². The van der Waals surface area contributed by atoms with Gasteiger partial charge < -0.3 is 31.3 Å². The first-order valence-corrected chi connectivity index (χ1v) is 13.4. The third kappa shape index (κ3) is 7.84. The number of carbonyl (C=O) groups is 3. The Labute approximate surface area is 233 Å². The number of nitrogens with one attached hydrogen (secondary N) is 3. The number of hydrogen-bond donors (Lipinski definition) is 6. The van der Waals surface area contributed by atoms with Crippen LogP contribution < -0.4 is 16.0 Å². The smallest absolute Gasteiger partial charge is 0.308 e. The molecule has 2 atom stereocenters. The lowest BCUT2D eigenvalue weighted by Crippen LogP contribution is -2.42. The molecule has 204 valence electrons. The lowest BCUT2D eigenvalue weighted by Gasteiger charge is -2.26. The number of aliphatic carboxylic acids is 1. The van der Waals surface area contributed by atoms with E-state index in [1.807, 2.05) is 0 Å². The lowest BCUT2D eigenvalue weighted by molar-refractivity contribution is -0.143. The Morgan fingerprint density at radius 1 is 1.11 bits per heavy atom. The topological polar surface area (TPSA) is 160 Å². The largest absolute Gasteiger partial charge is 0.508 e. The molecule has 12 heteroatoms. The van der Waals surface area contributed by atoms with Crippen LogP contribution in [0.15, 0.2) is 39.8 Å². The van der Waals surface area contributed by atoms with Gasteiger partial charge in [0, 0.05) is 40.3 Å². The van der Waals surface area contributed by atoms with Crippen LogP contribution in [0.25, 0.3) is 0 Å². The quantitative estimate of drug-likeness (QED) is 0.242. The van der Waals surface area contributed by atoms with Crippen LogP contribution in [-0.2, 0) is 9.59 Å². The van der Waals surface area contributed by atoms with Gasteiger partial charge in [0.05, 0.1) is 23.5 Å². The van der Waals surface area contributed by atoms with E-state index >= 15 is 0 Å². The Morgan fingerprint density at radius 3 is 2.58 bits per heavy atom. The number of halogens is 2. The maximum atomic E-state index is 12.8. The van der Waals surface area contributed by atoms with Gasteiger partial charge in [-0.1, -0.05) is 40.9 Å². The first kappa shape index (κ1) is 29.2. The monoisotopic (exact) mass is 608 g/mol. The van der Waals surface area contributed by atoms with Crippen molar-refractivity contribution in [1.82, 2.24) is 10.6 Å². The molecule has 1 heterocycles. The van der Waals surface area contributed by atoms with Crippen LogP contribution in [0.3, 0.4) is 0 Å². The molecule has 0 radical (unpaired) electrons. The van der Waals surface area contributed by atoms with Gasteiger partial charge in [0.25, 0.3) is 5.91 Å². The first-order valence-electron chi connectivity index (χ1n) is 12.2. The van der Waals surface area contributed by atoms with E-state index in [0.717, 1.165) is 38.1 Å². The fraction of sp³-hybridized carbons (Fsp3) is 0.385. The summed E-state index contributed by atoms with van der Waals surface area (Å²) in [7, 11) is 0. The van der Waals surface area contributed by atoms with Gasteiger partial charge in [0.1, 0.15) is 17.3 Å². The van der Waals surface area contributed by atoms with Crippen molar-refractivity contribution in [3.05, 3.63) is 51.0 Å². The van der Waals surface area contributed by atoms with Crippen LogP contribution in [0.5, 0.6) is 11.5 Å². The molecule has 3 rings (SSSR count). The first-order chi connectivity index (χ1) is 18.1. The molecule has 10 nitrogen and oxygen atoms in total. The van der Waals surface area contributed by atoms with E-state index in [9.17, 15) is 29.7 Å². The molecule has 0 saturated carbocycles. The number of phenolic OH excluding ortho intramolecular Hbond substituents is 2. The van der Waals surface area contributed by atoms with Crippen molar-refractivity contribution >= 4 is 56.8 Å².